The largest absolute Gasteiger partial charge is 0.481 e. The molecule has 1 aromatic carbocycles. The van der Waals surface area contributed by atoms with Crippen LogP contribution in [0.1, 0.15) is 12.8 Å². The summed E-state index contributed by atoms with van der Waals surface area (Å²) in [6.45, 7) is 0.760. The second kappa shape index (κ2) is 6.62. The third-order valence-electron chi connectivity index (χ3n) is 4.22. The van der Waals surface area contributed by atoms with E-state index in [4.69, 9.17) is 5.11 Å². The number of likely N-dealkylation sites (tertiary alicyclic amines) is 1. The number of piperidine rings is 1. The van der Waals surface area contributed by atoms with Gasteiger partial charge in [0.25, 0.3) is 0 Å². The molecular formula is C16H18N2O4S. The predicted molar refractivity (Wildman–Crippen MR) is 86.5 cm³/mol. The maximum Gasteiger partial charge on any atom is 0.308 e. The molecule has 1 N–H and O–H groups in total. The first-order chi connectivity index (χ1) is 11.1. The summed E-state index contributed by atoms with van der Waals surface area (Å²) in [4.78, 5) is 39.9. The van der Waals surface area contributed by atoms with Crippen LogP contribution in [0.3, 0.4) is 0 Å². The van der Waals surface area contributed by atoms with Crippen molar-refractivity contribution in [2.45, 2.75) is 17.7 Å². The molecule has 0 bridgehead atoms. The minimum Gasteiger partial charge on any atom is -0.481 e. The van der Waals surface area contributed by atoms with E-state index < -0.39 is 11.9 Å². The molecule has 2 aliphatic heterocycles. The van der Waals surface area contributed by atoms with Gasteiger partial charge >= 0.3 is 5.97 Å². The summed E-state index contributed by atoms with van der Waals surface area (Å²) in [5.74, 6) is -1.33. The summed E-state index contributed by atoms with van der Waals surface area (Å²) in [7, 11) is 0. The summed E-state index contributed by atoms with van der Waals surface area (Å²) in [6, 6.07) is 7.52. The maximum absolute atomic E-state index is 12.5. The van der Waals surface area contributed by atoms with E-state index in [2.05, 4.69) is 0 Å². The van der Waals surface area contributed by atoms with E-state index in [9.17, 15) is 14.4 Å². The van der Waals surface area contributed by atoms with Crippen molar-refractivity contribution in [2.75, 3.05) is 30.3 Å². The Morgan fingerprint density at radius 3 is 2.87 bits per heavy atom. The molecule has 2 heterocycles. The second-order valence-corrected chi connectivity index (χ2v) is 6.77. The van der Waals surface area contributed by atoms with Crippen LogP contribution in [-0.4, -0.2) is 53.2 Å². The van der Waals surface area contributed by atoms with Crippen molar-refractivity contribution in [1.29, 1.82) is 0 Å². The highest BCUT2D eigenvalue weighted by Gasteiger charge is 2.31. The van der Waals surface area contributed by atoms with Crippen LogP contribution in [-0.2, 0) is 14.4 Å². The fraction of sp³-hybridized carbons (Fsp3) is 0.438. The van der Waals surface area contributed by atoms with Crippen LogP contribution < -0.4 is 4.90 Å². The Labute approximate surface area is 138 Å². The minimum absolute atomic E-state index is 0.0251. The molecule has 0 aromatic heterocycles. The van der Waals surface area contributed by atoms with E-state index in [1.54, 1.807) is 4.90 Å². The Morgan fingerprint density at radius 2 is 2.09 bits per heavy atom. The van der Waals surface area contributed by atoms with E-state index in [-0.39, 0.29) is 24.9 Å². The molecule has 0 spiro atoms. The highest BCUT2D eigenvalue weighted by atomic mass is 32.2. The van der Waals surface area contributed by atoms with Crippen LogP contribution in [0.15, 0.2) is 29.2 Å². The van der Waals surface area contributed by atoms with Gasteiger partial charge in [0.15, 0.2) is 0 Å². The highest BCUT2D eigenvalue weighted by molar-refractivity contribution is 8.00. The molecular weight excluding hydrogens is 316 g/mol. The maximum atomic E-state index is 12.5. The van der Waals surface area contributed by atoms with Gasteiger partial charge in [-0.25, -0.2) is 0 Å². The average Bonchev–Trinajstić information content (AvgIpc) is 2.57. The number of hydrogen-bond donors (Lipinski definition) is 1. The molecule has 2 aliphatic rings. The van der Waals surface area contributed by atoms with Gasteiger partial charge in [0, 0.05) is 18.0 Å². The fourth-order valence-corrected chi connectivity index (χ4v) is 3.90. The molecule has 23 heavy (non-hydrogen) atoms. The van der Waals surface area contributed by atoms with Crippen molar-refractivity contribution in [3.05, 3.63) is 24.3 Å². The topological polar surface area (TPSA) is 77.9 Å². The highest BCUT2D eigenvalue weighted by Crippen LogP contribution is 2.34. The Balaban J connectivity index is 1.72. The van der Waals surface area contributed by atoms with E-state index in [1.165, 1.54) is 16.7 Å². The number of fused-ring (bicyclic) bond motifs is 1. The number of hydrogen-bond acceptors (Lipinski definition) is 4. The van der Waals surface area contributed by atoms with E-state index in [0.29, 0.717) is 25.1 Å². The normalized spacial score (nSPS) is 21.0. The molecule has 0 aliphatic carbocycles. The summed E-state index contributed by atoms with van der Waals surface area (Å²) in [6.07, 6.45) is 1.28. The molecule has 1 fully saturated rings. The number of carbonyl (C=O) groups excluding carboxylic acids is 2. The monoisotopic (exact) mass is 334 g/mol. The van der Waals surface area contributed by atoms with E-state index >= 15 is 0 Å². The quantitative estimate of drug-likeness (QED) is 0.905. The van der Waals surface area contributed by atoms with Gasteiger partial charge in [-0.2, -0.15) is 0 Å². The van der Waals surface area contributed by atoms with Crippen molar-refractivity contribution in [1.82, 2.24) is 4.90 Å². The van der Waals surface area contributed by atoms with Gasteiger partial charge in [-0.05, 0) is 25.0 Å². The molecule has 2 amide bonds. The number of amides is 2. The molecule has 1 saturated heterocycles. The van der Waals surface area contributed by atoms with Crippen LogP contribution in [0.2, 0.25) is 0 Å². The summed E-state index contributed by atoms with van der Waals surface area (Å²) in [5.41, 5.74) is 0.758. The van der Waals surface area contributed by atoms with Crippen molar-refractivity contribution in [3.8, 4) is 0 Å². The number of carboxylic acids is 1. The number of para-hydroxylation sites is 1. The molecule has 7 heteroatoms. The lowest BCUT2D eigenvalue weighted by Gasteiger charge is -2.34. The van der Waals surface area contributed by atoms with Gasteiger partial charge in [0.1, 0.15) is 6.54 Å². The van der Waals surface area contributed by atoms with Crippen LogP contribution in [0.5, 0.6) is 0 Å². The van der Waals surface area contributed by atoms with Crippen LogP contribution in [0, 0.1) is 5.92 Å². The minimum atomic E-state index is -0.863. The number of rotatable bonds is 3. The lowest BCUT2D eigenvalue weighted by molar-refractivity contribution is -0.145. The van der Waals surface area contributed by atoms with Crippen LogP contribution >= 0.6 is 11.8 Å². The number of carbonyl (C=O) groups is 3. The van der Waals surface area contributed by atoms with Crippen LogP contribution in [0.25, 0.3) is 0 Å². The molecule has 1 atom stereocenters. The molecule has 1 aromatic rings. The fourth-order valence-electron chi connectivity index (χ4n) is 2.97. The van der Waals surface area contributed by atoms with Gasteiger partial charge in [-0.1, -0.05) is 12.1 Å². The Bertz CT molecular complexity index is 649. The smallest absolute Gasteiger partial charge is 0.308 e. The Hall–Kier alpha value is -2.02. The first-order valence-corrected chi connectivity index (χ1v) is 8.57. The zero-order valence-corrected chi connectivity index (χ0v) is 13.4. The van der Waals surface area contributed by atoms with Gasteiger partial charge in [0.05, 0.1) is 17.4 Å². The molecule has 6 nitrogen and oxygen atoms in total. The van der Waals surface area contributed by atoms with Crippen molar-refractivity contribution >= 4 is 35.2 Å². The van der Waals surface area contributed by atoms with E-state index in [1.807, 2.05) is 24.3 Å². The standard InChI is InChI=1S/C16H18N2O4S/c19-14(17-7-3-4-11(8-17)16(21)22)9-18-12-5-1-2-6-13(12)23-10-15(18)20/h1-2,5-6,11H,3-4,7-10H2,(H,21,22)/t11-/m1/s1. The summed E-state index contributed by atoms with van der Waals surface area (Å²) >= 11 is 1.47. The van der Waals surface area contributed by atoms with Crippen molar-refractivity contribution < 1.29 is 19.5 Å². The molecule has 0 saturated carbocycles. The Morgan fingerprint density at radius 1 is 1.30 bits per heavy atom. The van der Waals surface area contributed by atoms with Gasteiger partial charge in [-0.3, -0.25) is 14.4 Å². The lowest BCUT2D eigenvalue weighted by Crippen LogP contribution is -2.48. The summed E-state index contributed by atoms with van der Waals surface area (Å²) < 4.78 is 0. The molecule has 0 radical (unpaired) electrons. The number of nitrogens with zero attached hydrogens (tertiary/aromatic N) is 2. The zero-order chi connectivity index (χ0) is 16.4. The van der Waals surface area contributed by atoms with Gasteiger partial charge in [-0.15, -0.1) is 11.8 Å². The molecule has 3 rings (SSSR count). The van der Waals surface area contributed by atoms with Crippen LogP contribution in [0.4, 0.5) is 5.69 Å². The van der Waals surface area contributed by atoms with E-state index in [0.717, 1.165) is 10.6 Å². The number of aliphatic carboxylic acids is 1. The predicted octanol–water partition coefficient (Wildman–Crippen LogP) is 1.45. The first kappa shape index (κ1) is 15.9. The number of carboxylic acid groups (broad SMARTS) is 1. The van der Waals surface area contributed by atoms with Crippen molar-refractivity contribution in [2.24, 2.45) is 5.92 Å². The second-order valence-electron chi connectivity index (χ2n) is 5.75. The van der Waals surface area contributed by atoms with Gasteiger partial charge in [0.2, 0.25) is 11.8 Å². The first-order valence-electron chi connectivity index (χ1n) is 7.59. The number of thioether (sulfide) groups is 1. The zero-order valence-electron chi connectivity index (χ0n) is 12.6. The third-order valence-corrected chi connectivity index (χ3v) is 5.27. The lowest BCUT2D eigenvalue weighted by atomic mass is 9.98. The third kappa shape index (κ3) is 3.34. The Kier molecular flexibility index (Phi) is 4.56. The van der Waals surface area contributed by atoms with Gasteiger partial charge < -0.3 is 14.9 Å². The number of anilines is 1. The molecule has 0 unspecified atom stereocenters. The van der Waals surface area contributed by atoms with Crippen molar-refractivity contribution in [3.63, 3.8) is 0 Å². The SMILES string of the molecule is O=C(O)[C@@H]1CCCN(C(=O)CN2C(=O)CSc3ccccc32)C1. The molecule has 122 valence electrons. The summed E-state index contributed by atoms with van der Waals surface area (Å²) in [5, 5.41) is 9.13. The number of benzene rings is 1. The average molecular weight is 334 g/mol.